The number of unbranched alkanes of at least 4 members (excludes halogenated alkanes) is 4. The fourth-order valence-corrected chi connectivity index (χ4v) is 2.39. The standard InChI is InChI=1S/C18H23F2NO3/c1-2-3-4-5-6-7-8-16(18(23)24)21-17(22)11-13-9-14(19)12-15(20)10-13/h2,9-10,12,16H,1,3-8,11H2,(H,21,22)(H,23,24)/t16-/m0/s1. The largest absolute Gasteiger partial charge is 0.480 e. The second kappa shape index (κ2) is 10.5. The van der Waals surface area contributed by atoms with Crippen LogP contribution in [0.4, 0.5) is 8.78 Å². The van der Waals surface area contributed by atoms with Crippen LogP contribution in [0.5, 0.6) is 0 Å². The summed E-state index contributed by atoms with van der Waals surface area (Å²) in [5.41, 5.74) is 0.165. The van der Waals surface area contributed by atoms with Crippen LogP contribution in [-0.4, -0.2) is 23.0 Å². The lowest BCUT2D eigenvalue weighted by Crippen LogP contribution is -2.41. The van der Waals surface area contributed by atoms with Crippen LogP contribution >= 0.6 is 0 Å². The maximum Gasteiger partial charge on any atom is 0.326 e. The Hall–Kier alpha value is -2.24. The fraction of sp³-hybridized carbons (Fsp3) is 0.444. The third-order valence-corrected chi connectivity index (χ3v) is 3.57. The highest BCUT2D eigenvalue weighted by atomic mass is 19.1. The van der Waals surface area contributed by atoms with Crippen molar-refractivity contribution in [3.05, 3.63) is 48.1 Å². The lowest BCUT2D eigenvalue weighted by Gasteiger charge is -2.14. The highest BCUT2D eigenvalue weighted by molar-refractivity contribution is 5.84. The van der Waals surface area contributed by atoms with Crippen LogP contribution in [0.2, 0.25) is 0 Å². The van der Waals surface area contributed by atoms with Crippen LogP contribution in [0.25, 0.3) is 0 Å². The molecule has 1 aromatic rings. The Morgan fingerprint density at radius 2 is 1.75 bits per heavy atom. The second-order valence-corrected chi connectivity index (χ2v) is 5.69. The summed E-state index contributed by atoms with van der Waals surface area (Å²) in [6.45, 7) is 3.64. The van der Waals surface area contributed by atoms with E-state index in [9.17, 15) is 18.4 Å². The molecule has 24 heavy (non-hydrogen) atoms. The minimum absolute atomic E-state index is 0.165. The molecule has 2 N–H and O–H groups in total. The fourth-order valence-electron chi connectivity index (χ4n) is 2.39. The van der Waals surface area contributed by atoms with Gasteiger partial charge in [-0.2, -0.15) is 0 Å². The Morgan fingerprint density at radius 3 is 2.33 bits per heavy atom. The number of carbonyl (C=O) groups excluding carboxylic acids is 1. The average Bonchev–Trinajstić information content (AvgIpc) is 2.48. The number of aliphatic carboxylic acids is 1. The number of carboxylic acid groups (broad SMARTS) is 1. The monoisotopic (exact) mass is 339 g/mol. The van der Waals surface area contributed by atoms with E-state index in [0.29, 0.717) is 18.9 Å². The smallest absolute Gasteiger partial charge is 0.326 e. The molecule has 0 unspecified atom stereocenters. The highest BCUT2D eigenvalue weighted by Crippen LogP contribution is 2.10. The number of hydrogen-bond acceptors (Lipinski definition) is 2. The number of carboxylic acids is 1. The van der Waals surface area contributed by atoms with Crippen LogP contribution in [0.1, 0.15) is 44.1 Å². The second-order valence-electron chi connectivity index (χ2n) is 5.69. The number of allylic oxidation sites excluding steroid dienone is 1. The van der Waals surface area contributed by atoms with E-state index < -0.39 is 29.6 Å². The SMILES string of the molecule is C=CCCCCCC[C@H](NC(=O)Cc1cc(F)cc(F)c1)C(=O)O. The average molecular weight is 339 g/mol. The van der Waals surface area contributed by atoms with Gasteiger partial charge < -0.3 is 10.4 Å². The number of halogens is 2. The summed E-state index contributed by atoms with van der Waals surface area (Å²) in [6, 6.07) is 1.83. The van der Waals surface area contributed by atoms with Crippen molar-refractivity contribution < 1.29 is 23.5 Å². The van der Waals surface area contributed by atoms with Gasteiger partial charge in [0.25, 0.3) is 0 Å². The highest BCUT2D eigenvalue weighted by Gasteiger charge is 2.19. The molecule has 0 aliphatic rings. The first kappa shape index (κ1) is 19.8. The van der Waals surface area contributed by atoms with E-state index in [2.05, 4.69) is 11.9 Å². The summed E-state index contributed by atoms with van der Waals surface area (Å²) in [7, 11) is 0. The van der Waals surface area contributed by atoms with Crippen molar-refractivity contribution >= 4 is 11.9 Å². The Labute approximate surface area is 140 Å². The van der Waals surface area contributed by atoms with E-state index in [1.165, 1.54) is 0 Å². The number of nitrogens with one attached hydrogen (secondary N) is 1. The van der Waals surface area contributed by atoms with Crippen LogP contribution in [0.3, 0.4) is 0 Å². The molecule has 0 heterocycles. The predicted octanol–water partition coefficient (Wildman–Crippen LogP) is 3.60. The topological polar surface area (TPSA) is 66.4 Å². The van der Waals surface area contributed by atoms with Gasteiger partial charge in [0.15, 0.2) is 0 Å². The zero-order valence-electron chi connectivity index (χ0n) is 13.6. The number of hydrogen-bond donors (Lipinski definition) is 2. The van der Waals surface area contributed by atoms with Crippen LogP contribution < -0.4 is 5.32 Å². The first-order chi connectivity index (χ1) is 11.4. The van der Waals surface area contributed by atoms with Gasteiger partial charge in [0.2, 0.25) is 5.91 Å². The molecule has 0 aliphatic heterocycles. The van der Waals surface area contributed by atoms with E-state index in [1.54, 1.807) is 0 Å². The quantitative estimate of drug-likeness (QED) is 0.478. The molecule has 0 spiro atoms. The summed E-state index contributed by atoms with van der Waals surface area (Å²) >= 11 is 0. The molecule has 0 aromatic heterocycles. The van der Waals surface area contributed by atoms with Crippen LogP contribution in [-0.2, 0) is 16.0 Å². The molecule has 0 saturated carbocycles. The van der Waals surface area contributed by atoms with E-state index in [1.807, 2.05) is 6.08 Å². The van der Waals surface area contributed by atoms with Crippen LogP contribution in [0.15, 0.2) is 30.9 Å². The molecule has 6 heteroatoms. The molecule has 1 amide bonds. The van der Waals surface area contributed by atoms with Crippen molar-refractivity contribution in [2.75, 3.05) is 0 Å². The zero-order valence-corrected chi connectivity index (χ0v) is 13.6. The minimum atomic E-state index is -1.11. The van der Waals surface area contributed by atoms with Crippen molar-refractivity contribution in [1.82, 2.24) is 5.32 Å². The Kier molecular flexibility index (Phi) is 8.68. The first-order valence-corrected chi connectivity index (χ1v) is 8.00. The molecule has 1 atom stereocenters. The van der Waals surface area contributed by atoms with Gasteiger partial charge >= 0.3 is 5.97 Å². The summed E-state index contributed by atoms with van der Waals surface area (Å²) in [5, 5.41) is 11.6. The summed E-state index contributed by atoms with van der Waals surface area (Å²) in [5.74, 6) is -3.22. The lowest BCUT2D eigenvalue weighted by molar-refractivity contribution is -0.142. The van der Waals surface area contributed by atoms with Crippen molar-refractivity contribution in [1.29, 1.82) is 0 Å². The van der Waals surface area contributed by atoms with Crippen molar-refractivity contribution in [2.45, 2.75) is 51.0 Å². The molecular weight excluding hydrogens is 316 g/mol. The molecule has 0 bridgehead atoms. The number of rotatable bonds is 11. The molecule has 132 valence electrons. The number of amides is 1. The van der Waals surface area contributed by atoms with Crippen molar-refractivity contribution in [3.8, 4) is 0 Å². The van der Waals surface area contributed by atoms with Gasteiger partial charge in [-0.1, -0.05) is 25.3 Å². The minimum Gasteiger partial charge on any atom is -0.480 e. The van der Waals surface area contributed by atoms with Gasteiger partial charge in [0, 0.05) is 6.07 Å². The van der Waals surface area contributed by atoms with Gasteiger partial charge in [-0.25, -0.2) is 13.6 Å². The Bertz CT molecular complexity index is 555. The molecule has 0 aliphatic carbocycles. The van der Waals surface area contributed by atoms with E-state index in [0.717, 1.165) is 37.8 Å². The molecular formula is C18H23F2NO3. The molecule has 4 nitrogen and oxygen atoms in total. The third kappa shape index (κ3) is 7.85. The Morgan fingerprint density at radius 1 is 1.12 bits per heavy atom. The predicted molar refractivity (Wildman–Crippen MR) is 87.5 cm³/mol. The zero-order chi connectivity index (χ0) is 17.9. The Balaban J connectivity index is 2.44. The van der Waals surface area contributed by atoms with E-state index >= 15 is 0 Å². The normalized spacial score (nSPS) is 11.8. The van der Waals surface area contributed by atoms with E-state index in [-0.39, 0.29) is 12.0 Å². The lowest BCUT2D eigenvalue weighted by atomic mass is 10.1. The van der Waals surface area contributed by atoms with Crippen molar-refractivity contribution in [2.24, 2.45) is 0 Å². The molecule has 0 fully saturated rings. The molecule has 1 aromatic carbocycles. The first-order valence-electron chi connectivity index (χ1n) is 8.00. The summed E-state index contributed by atoms with van der Waals surface area (Å²) in [6.07, 6.45) is 6.39. The number of benzene rings is 1. The van der Waals surface area contributed by atoms with Gasteiger partial charge in [0.1, 0.15) is 17.7 Å². The van der Waals surface area contributed by atoms with Gasteiger partial charge in [-0.05, 0) is 37.0 Å². The van der Waals surface area contributed by atoms with Gasteiger partial charge in [-0.15, -0.1) is 6.58 Å². The molecule has 0 radical (unpaired) electrons. The number of carbonyl (C=O) groups is 2. The summed E-state index contributed by atoms with van der Waals surface area (Å²) < 4.78 is 26.2. The molecule has 0 saturated heterocycles. The van der Waals surface area contributed by atoms with Gasteiger partial charge in [0.05, 0.1) is 6.42 Å². The summed E-state index contributed by atoms with van der Waals surface area (Å²) in [4.78, 5) is 23.1. The van der Waals surface area contributed by atoms with E-state index in [4.69, 9.17) is 5.11 Å². The van der Waals surface area contributed by atoms with Gasteiger partial charge in [-0.3, -0.25) is 4.79 Å². The van der Waals surface area contributed by atoms with Crippen molar-refractivity contribution in [3.63, 3.8) is 0 Å². The maximum atomic E-state index is 13.1. The third-order valence-electron chi connectivity index (χ3n) is 3.57. The maximum absolute atomic E-state index is 13.1. The van der Waals surface area contributed by atoms with Crippen LogP contribution in [0, 0.1) is 11.6 Å². The molecule has 1 rings (SSSR count).